The molecule has 0 atom stereocenters. The number of nitrogens with two attached hydrogens (primary N) is 2. The minimum absolute atomic E-state index is 0.329. The summed E-state index contributed by atoms with van der Waals surface area (Å²) in [6.07, 6.45) is 8.65. The van der Waals surface area contributed by atoms with Crippen LogP contribution in [-0.2, 0) is 0 Å². The maximum Gasteiger partial charge on any atom is 0.222 e. The van der Waals surface area contributed by atoms with Crippen molar-refractivity contribution in [2.45, 2.75) is 62.9 Å². The Morgan fingerprint density at radius 2 is 1.67 bits per heavy atom. The van der Waals surface area contributed by atoms with Crippen LogP contribution in [0.15, 0.2) is 6.07 Å². The Bertz CT molecular complexity index is 557. The highest BCUT2D eigenvalue weighted by molar-refractivity contribution is 5.45. The predicted molar refractivity (Wildman–Crippen MR) is 97.1 cm³/mol. The van der Waals surface area contributed by atoms with E-state index >= 15 is 0 Å². The summed E-state index contributed by atoms with van der Waals surface area (Å²) >= 11 is 0. The van der Waals surface area contributed by atoms with E-state index in [9.17, 15) is 0 Å². The lowest BCUT2D eigenvalue weighted by molar-refractivity contribution is 0.141. The van der Waals surface area contributed by atoms with Gasteiger partial charge in [-0.1, -0.05) is 6.42 Å². The molecule has 132 valence electrons. The third-order valence-electron chi connectivity index (χ3n) is 6.04. The molecule has 1 aliphatic carbocycles. The lowest BCUT2D eigenvalue weighted by Crippen LogP contribution is -2.47. The Kier molecular flexibility index (Phi) is 4.59. The minimum Gasteiger partial charge on any atom is -0.368 e. The van der Waals surface area contributed by atoms with E-state index in [1.807, 2.05) is 0 Å². The van der Waals surface area contributed by atoms with Gasteiger partial charge in [-0.25, -0.2) is 4.98 Å². The van der Waals surface area contributed by atoms with Crippen molar-refractivity contribution < 1.29 is 0 Å². The molecular formula is C18H30N6. The first-order chi connectivity index (χ1) is 11.7. The van der Waals surface area contributed by atoms with Crippen molar-refractivity contribution in [2.75, 3.05) is 36.8 Å². The number of likely N-dealkylation sites (tertiary alicyclic amines) is 1. The van der Waals surface area contributed by atoms with Gasteiger partial charge in [-0.15, -0.1) is 0 Å². The Morgan fingerprint density at radius 3 is 2.33 bits per heavy atom. The van der Waals surface area contributed by atoms with E-state index in [0.717, 1.165) is 43.5 Å². The van der Waals surface area contributed by atoms with Crippen molar-refractivity contribution in [3.05, 3.63) is 11.8 Å². The molecule has 6 heteroatoms. The summed E-state index contributed by atoms with van der Waals surface area (Å²) in [7, 11) is 0. The number of anilines is 2. The van der Waals surface area contributed by atoms with Crippen LogP contribution in [0.2, 0.25) is 0 Å². The van der Waals surface area contributed by atoms with Crippen LogP contribution >= 0.6 is 0 Å². The quantitative estimate of drug-likeness (QED) is 0.878. The van der Waals surface area contributed by atoms with Gasteiger partial charge in [0, 0.05) is 37.2 Å². The smallest absolute Gasteiger partial charge is 0.222 e. The Balaban J connectivity index is 1.40. The Labute approximate surface area is 144 Å². The van der Waals surface area contributed by atoms with Crippen molar-refractivity contribution in [2.24, 2.45) is 5.73 Å². The molecule has 3 fully saturated rings. The van der Waals surface area contributed by atoms with Crippen LogP contribution in [0, 0.1) is 0 Å². The second-order valence-corrected chi connectivity index (χ2v) is 7.75. The molecule has 0 unspecified atom stereocenters. The van der Waals surface area contributed by atoms with Crippen molar-refractivity contribution in [3.63, 3.8) is 0 Å². The normalized spacial score (nSPS) is 29.5. The van der Waals surface area contributed by atoms with E-state index in [2.05, 4.69) is 25.8 Å². The first-order valence-electron chi connectivity index (χ1n) is 9.58. The Hall–Kier alpha value is -1.40. The zero-order valence-corrected chi connectivity index (χ0v) is 14.5. The zero-order valence-electron chi connectivity index (χ0n) is 14.5. The molecule has 6 nitrogen and oxygen atoms in total. The third kappa shape index (κ3) is 3.35. The SMILES string of the molecule is Nc1nc(C2CC(N)C2)cc(N2CCC(N3CCCCC3)CC2)n1. The number of nitrogen functional groups attached to an aromatic ring is 1. The summed E-state index contributed by atoms with van der Waals surface area (Å²) in [4.78, 5) is 14.0. The summed E-state index contributed by atoms with van der Waals surface area (Å²) in [5, 5.41) is 0. The standard InChI is InChI=1S/C18H30N6/c19-14-10-13(11-14)16-12-17(22-18(20)21-16)24-8-4-15(5-9-24)23-6-2-1-3-7-23/h12-15H,1-11,19H2,(H2,20,21,22). The van der Waals surface area contributed by atoms with E-state index in [0.29, 0.717) is 17.9 Å². The molecule has 2 saturated heterocycles. The van der Waals surface area contributed by atoms with Gasteiger partial charge in [-0.3, -0.25) is 0 Å². The van der Waals surface area contributed by atoms with Crippen molar-refractivity contribution in [1.29, 1.82) is 0 Å². The highest BCUT2D eigenvalue weighted by Crippen LogP contribution is 2.36. The Morgan fingerprint density at radius 1 is 0.958 bits per heavy atom. The summed E-state index contributed by atoms with van der Waals surface area (Å²) < 4.78 is 0. The number of nitrogens with zero attached hydrogens (tertiary/aromatic N) is 4. The van der Waals surface area contributed by atoms with Gasteiger partial charge in [0.05, 0.1) is 5.69 Å². The van der Waals surface area contributed by atoms with Gasteiger partial charge < -0.3 is 21.3 Å². The molecule has 0 aromatic carbocycles. The molecule has 3 heterocycles. The number of rotatable bonds is 3. The van der Waals surface area contributed by atoms with Crippen molar-refractivity contribution in [3.8, 4) is 0 Å². The second-order valence-electron chi connectivity index (χ2n) is 7.75. The maximum absolute atomic E-state index is 5.97. The fourth-order valence-electron chi connectivity index (χ4n) is 4.49. The largest absolute Gasteiger partial charge is 0.368 e. The van der Waals surface area contributed by atoms with E-state index < -0.39 is 0 Å². The molecule has 4 N–H and O–H groups in total. The number of hydrogen-bond donors (Lipinski definition) is 2. The van der Waals surface area contributed by atoms with Gasteiger partial charge >= 0.3 is 0 Å². The van der Waals surface area contributed by atoms with Gasteiger partial charge in [-0.05, 0) is 51.6 Å². The molecule has 1 saturated carbocycles. The molecule has 24 heavy (non-hydrogen) atoms. The molecule has 2 aliphatic heterocycles. The van der Waals surface area contributed by atoms with Gasteiger partial charge in [0.15, 0.2) is 0 Å². The lowest BCUT2D eigenvalue weighted by Gasteiger charge is -2.40. The van der Waals surface area contributed by atoms with Crippen LogP contribution in [0.5, 0.6) is 0 Å². The molecule has 0 bridgehead atoms. The second kappa shape index (κ2) is 6.84. The van der Waals surface area contributed by atoms with E-state index in [1.165, 1.54) is 45.2 Å². The number of hydrogen-bond acceptors (Lipinski definition) is 6. The summed E-state index contributed by atoms with van der Waals surface area (Å²) in [5.74, 6) is 1.88. The summed E-state index contributed by atoms with van der Waals surface area (Å²) in [5.41, 5.74) is 13.0. The molecule has 0 radical (unpaired) electrons. The van der Waals surface area contributed by atoms with Gasteiger partial charge in [0.25, 0.3) is 0 Å². The molecule has 0 spiro atoms. The number of piperidine rings is 2. The van der Waals surface area contributed by atoms with Crippen molar-refractivity contribution >= 4 is 11.8 Å². The first kappa shape index (κ1) is 16.1. The third-order valence-corrected chi connectivity index (χ3v) is 6.04. The van der Waals surface area contributed by atoms with Crippen LogP contribution < -0.4 is 16.4 Å². The van der Waals surface area contributed by atoms with Crippen molar-refractivity contribution in [1.82, 2.24) is 14.9 Å². The lowest BCUT2D eigenvalue weighted by atomic mass is 9.78. The monoisotopic (exact) mass is 330 g/mol. The topological polar surface area (TPSA) is 84.3 Å². The van der Waals surface area contributed by atoms with Crippen LogP contribution in [0.4, 0.5) is 11.8 Å². The molecule has 1 aromatic heterocycles. The highest BCUT2D eigenvalue weighted by atomic mass is 15.2. The maximum atomic E-state index is 5.97. The van der Waals surface area contributed by atoms with E-state index in [-0.39, 0.29) is 0 Å². The van der Waals surface area contributed by atoms with Gasteiger partial charge in [-0.2, -0.15) is 4.98 Å². The molecule has 1 aromatic rings. The predicted octanol–water partition coefficient (Wildman–Crippen LogP) is 1.72. The molecule has 0 amide bonds. The van der Waals surface area contributed by atoms with Crippen LogP contribution in [-0.4, -0.2) is 53.1 Å². The molecule has 4 rings (SSSR count). The highest BCUT2D eigenvalue weighted by Gasteiger charge is 2.30. The fraction of sp³-hybridized carbons (Fsp3) is 0.778. The zero-order chi connectivity index (χ0) is 16.5. The minimum atomic E-state index is 0.329. The van der Waals surface area contributed by atoms with Crippen LogP contribution in [0.25, 0.3) is 0 Å². The number of aromatic nitrogens is 2. The molecule has 3 aliphatic rings. The first-order valence-corrected chi connectivity index (χ1v) is 9.58. The van der Waals surface area contributed by atoms with E-state index in [4.69, 9.17) is 11.5 Å². The van der Waals surface area contributed by atoms with Crippen LogP contribution in [0.1, 0.15) is 56.6 Å². The average molecular weight is 330 g/mol. The summed E-state index contributed by atoms with van der Waals surface area (Å²) in [6.45, 7) is 4.72. The average Bonchev–Trinajstić information content (AvgIpc) is 2.59. The molecular weight excluding hydrogens is 300 g/mol. The van der Waals surface area contributed by atoms with Gasteiger partial charge in [0.2, 0.25) is 5.95 Å². The summed E-state index contributed by atoms with van der Waals surface area (Å²) in [6, 6.07) is 3.23. The van der Waals surface area contributed by atoms with Crippen LogP contribution in [0.3, 0.4) is 0 Å². The van der Waals surface area contributed by atoms with Gasteiger partial charge in [0.1, 0.15) is 5.82 Å². The fourth-order valence-corrected chi connectivity index (χ4v) is 4.49. The van der Waals surface area contributed by atoms with E-state index in [1.54, 1.807) is 0 Å².